The van der Waals surface area contributed by atoms with E-state index in [1.54, 1.807) is 30.3 Å². The van der Waals surface area contributed by atoms with Crippen molar-refractivity contribution in [1.82, 2.24) is 10.3 Å². The molecule has 0 radical (unpaired) electrons. The predicted molar refractivity (Wildman–Crippen MR) is 68.4 cm³/mol. The van der Waals surface area contributed by atoms with Gasteiger partial charge in [0.25, 0.3) is 0 Å². The van der Waals surface area contributed by atoms with Gasteiger partial charge in [0.15, 0.2) is 5.76 Å². The Bertz CT molecular complexity index is 636. The van der Waals surface area contributed by atoms with E-state index in [4.69, 9.17) is 4.42 Å². The van der Waals surface area contributed by atoms with Gasteiger partial charge < -0.3 is 4.42 Å². The summed E-state index contributed by atoms with van der Waals surface area (Å²) in [5, 5.41) is 0. The van der Waals surface area contributed by atoms with Crippen LogP contribution in [0.2, 0.25) is 0 Å². The lowest BCUT2D eigenvalue weighted by Gasteiger charge is -2.07. The van der Waals surface area contributed by atoms with E-state index in [1.807, 2.05) is 4.83 Å². The summed E-state index contributed by atoms with van der Waals surface area (Å²) in [4.78, 5) is 13.5. The Labute approximate surface area is 110 Å². The second-order valence-corrected chi connectivity index (χ2v) is 5.50. The molecule has 2 N–H and O–H groups in total. The number of amides is 1. The summed E-state index contributed by atoms with van der Waals surface area (Å²) in [5.41, 5.74) is 2.70. The summed E-state index contributed by atoms with van der Waals surface area (Å²) in [5.74, 6) is -0.837. The molecule has 1 aromatic carbocycles. The first-order valence-corrected chi connectivity index (χ1v) is 7.09. The van der Waals surface area contributed by atoms with E-state index in [-0.39, 0.29) is 11.5 Å². The lowest BCUT2D eigenvalue weighted by Crippen LogP contribution is -2.41. The van der Waals surface area contributed by atoms with E-state index < -0.39 is 15.9 Å². The molecule has 0 unspecified atom stereocenters. The molecular formula is C12H12N2O4S. The van der Waals surface area contributed by atoms with Crippen molar-refractivity contribution in [2.75, 3.05) is 0 Å². The van der Waals surface area contributed by atoms with E-state index in [0.717, 1.165) is 0 Å². The molecule has 1 amide bonds. The maximum absolute atomic E-state index is 11.7. The number of sulfonamides is 1. The Morgan fingerprint density at radius 1 is 1.11 bits per heavy atom. The van der Waals surface area contributed by atoms with Crippen LogP contribution >= 0.6 is 0 Å². The van der Waals surface area contributed by atoms with Crippen LogP contribution < -0.4 is 10.3 Å². The van der Waals surface area contributed by atoms with Gasteiger partial charge in [-0.3, -0.25) is 10.2 Å². The fraction of sp³-hybridized carbons (Fsp3) is 0.0833. The second-order valence-electron chi connectivity index (χ2n) is 3.78. The first-order valence-electron chi connectivity index (χ1n) is 5.44. The highest BCUT2D eigenvalue weighted by molar-refractivity contribution is 7.88. The summed E-state index contributed by atoms with van der Waals surface area (Å²) in [6.07, 6.45) is 1.33. The zero-order valence-corrected chi connectivity index (χ0v) is 10.7. The summed E-state index contributed by atoms with van der Waals surface area (Å²) in [7, 11) is -3.64. The van der Waals surface area contributed by atoms with Crippen LogP contribution in [-0.4, -0.2) is 14.3 Å². The fourth-order valence-electron chi connectivity index (χ4n) is 1.42. The number of carbonyl (C=O) groups excluding carboxylic acids is 1. The van der Waals surface area contributed by atoms with Crippen molar-refractivity contribution in [3.05, 3.63) is 60.1 Å². The standard InChI is InChI=1S/C12H12N2O4S/c15-12(11-7-4-8-18-11)13-14-19(16,17)9-10-5-2-1-3-6-10/h1-8,14H,9H2,(H,13,15). The molecule has 0 saturated carbocycles. The Kier molecular flexibility index (Phi) is 3.98. The third-order valence-electron chi connectivity index (χ3n) is 2.26. The molecule has 100 valence electrons. The molecule has 0 bridgehead atoms. The molecule has 0 spiro atoms. The quantitative estimate of drug-likeness (QED) is 0.801. The number of rotatable bonds is 5. The van der Waals surface area contributed by atoms with Crippen LogP contribution in [0.1, 0.15) is 16.1 Å². The average Bonchev–Trinajstić information content (AvgIpc) is 2.91. The van der Waals surface area contributed by atoms with Gasteiger partial charge in [-0.1, -0.05) is 30.3 Å². The normalized spacial score (nSPS) is 11.2. The summed E-state index contributed by atoms with van der Waals surface area (Å²) >= 11 is 0. The molecule has 2 aromatic rings. The minimum Gasteiger partial charge on any atom is -0.459 e. The number of furan rings is 1. The zero-order valence-electron chi connectivity index (χ0n) is 9.87. The molecule has 7 heteroatoms. The van der Waals surface area contributed by atoms with Gasteiger partial charge in [0.05, 0.1) is 12.0 Å². The van der Waals surface area contributed by atoms with E-state index in [1.165, 1.54) is 18.4 Å². The lowest BCUT2D eigenvalue weighted by atomic mass is 10.2. The molecule has 0 saturated heterocycles. The molecule has 0 aliphatic heterocycles. The van der Waals surface area contributed by atoms with Crippen molar-refractivity contribution >= 4 is 15.9 Å². The maximum atomic E-state index is 11.7. The number of nitrogens with one attached hydrogen (secondary N) is 2. The summed E-state index contributed by atoms with van der Waals surface area (Å²) in [6, 6.07) is 11.6. The number of hydrogen-bond donors (Lipinski definition) is 2. The third kappa shape index (κ3) is 3.94. The number of hydrogen-bond acceptors (Lipinski definition) is 4. The molecule has 1 aromatic heterocycles. The monoisotopic (exact) mass is 280 g/mol. The van der Waals surface area contributed by atoms with Gasteiger partial charge in [-0.25, -0.2) is 8.42 Å². The van der Waals surface area contributed by atoms with Crippen molar-refractivity contribution < 1.29 is 17.6 Å². The molecule has 19 heavy (non-hydrogen) atoms. The molecule has 0 aliphatic carbocycles. The highest BCUT2D eigenvalue weighted by atomic mass is 32.2. The minimum absolute atomic E-state index is 0.0300. The van der Waals surface area contributed by atoms with Crippen molar-refractivity contribution in [1.29, 1.82) is 0 Å². The molecule has 2 rings (SSSR count). The molecule has 6 nitrogen and oxygen atoms in total. The topological polar surface area (TPSA) is 88.4 Å². The predicted octanol–water partition coefficient (Wildman–Crippen LogP) is 1.04. The maximum Gasteiger partial charge on any atom is 0.301 e. The second kappa shape index (κ2) is 5.68. The van der Waals surface area contributed by atoms with E-state index >= 15 is 0 Å². The first-order chi connectivity index (χ1) is 9.07. The average molecular weight is 280 g/mol. The van der Waals surface area contributed by atoms with Crippen LogP contribution in [0.5, 0.6) is 0 Å². The van der Waals surface area contributed by atoms with Gasteiger partial charge in [0.1, 0.15) is 0 Å². The Hall–Kier alpha value is -2.12. The molecule has 1 heterocycles. The van der Waals surface area contributed by atoms with Crippen LogP contribution in [0.15, 0.2) is 53.1 Å². The van der Waals surface area contributed by atoms with Crippen LogP contribution in [0.4, 0.5) is 0 Å². The smallest absolute Gasteiger partial charge is 0.301 e. The highest BCUT2D eigenvalue weighted by Crippen LogP contribution is 2.03. The van der Waals surface area contributed by atoms with E-state index in [2.05, 4.69) is 5.43 Å². The van der Waals surface area contributed by atoms with Crippen LogP contribution in [0, 0.1) is 0 Å². The van der Waals surface area contributed by atoms with E-state index in [0.29, 0.717) is 5.56 Å². The van der Waals surface area contributed by atoms with Gasteiger partial charge in [0, 0.05) is 0 Å². The highest BCUT2D eigenvalue weighted by Gasteiger charge is 2.14. The van der Waals surface area contributed by atoms with Crippen LogP contribution in [0.25, 0.3) is 0 Å². The van der Waals surface area contributed by atoms with Crippen molar-refractivity contribution in [3.63, 3.8) is 0 Å². The number of benzene rings is 1. The van der Waals surface area contributed by atoms with Gasteiger partial charge >= 0.3 is 5.91 Å². The molecule has 0 fully saturated rings. The fourth-order valence-corrected chi connectivity index (χ4v) is 2.37. The van der Waals surface area contributed by atoms with Crippen molar-refractivity contribution in [3.8, 4) is 0 Å². The van der Waals surface area contributed by atoms with Crippen LogP contribution in [-0.2, 0) is 15.8 Å². The Morgan fingerprint density at radius 3 is 2.47 bits per heavy atom. The molecule has 0 aliphatic rings. The minimum atomic E-state index is -3.64. The Balaban J connectivity index is 1.93. The van der Waals surface area contributed by atoms with Crippen LogP contribution in [0.3, 0.4) is 0 Å². The zero-order chi connectivity index (χ0) is 13.7. The van der Waals surface area contributed by atoms with Gasteiger partial charge in [-0.05, 0) is 17.7 Å². The lowest BCUT2D eigenvalue weighted by molar-refractivity contribution is 0.0917. The molecule has 0 atom stereocenters. The van der Waals surface area contributed by atoms with Gasteiger partial charge in [-0.15, -0.1) is 4.83 Å². The van der Waals surface area contributed by atoms with Crippen molar-refractivity contribution in [2.24, 2.45) is 0 Å². The number of carbonyl (C=O) groups is 1. The third-order valence-corrected chi connectivity index (χ3v) is 3.39. The van der Waals surface area contributed by atoms with Crippen molar-refractivity contribution in [2.45, 2.75) is 5.75 Å². The van der Waals surface area contributed by atoms with Gasteiger partial charge in [-0.2, -0.15) is 0 Å². The largest absolute Gasteiger partial charge is 0.459 e. The summed E-state index contributed by atoms with van der Waals surface area (Å²) in [6.45, 7) is 0. The van der Waals surface area contributed by atoms with E-state index in [9.17, 15) is 13.2 Å². The first kappa shape index (κ1) is 13.3. The SMILES string of the molecule is O=C(NNS(=O)(=O)Cc1ccccc1)c1ccco1. The summed E-state index contributed by atoms with van der Waals surface area (Å²) < 4.78 is 28.3. The Morgan fingerprint density at radius 2 is 1.84 bits per heavy atom. The van der Waals surface area contributed by atoms with Gasteiger partial charge in [0.2, 0.25) is 10.0 Å². The molecular weight excluding hydrogens is 268 g/mol. The number of hydrazine groups is 1.